The number of aromatic amines is 1. The third-order valence-corrected chi connectivity index (χ3v) is 4.66. The Morgan fingerprint density at radius 2 is 1.90 bits per heavy atom. The lowest BCUT2D eigenvalue weighted by molar-refractivity contribution is 0.174. The summed E-state index contributed by atoms with van der Waals surface area (Å²) in [6.07, 6.45) is 0.339. The molecule has 0 saturated heterocycles. The molecule has 0 fully saturated rings. The molecular weight excluding hydrogens is 390 g/mol. The van der Waals surface area contributed by atoms with Gasteiger partial charge in [0, 0.05) is 6.07 Å². The summed E-state index contributed by atoms with van der Waals surface area (Å²) in [5.41, 5.74) is -0.347. The minimum atomic E-state index is -0.759. The monoisotopic (exact) mass is 409 g/mol. The minimum Gasteiger partial charge on any atom is -0.497 e. The summed E-state index contributed by atoms with van der Waals surface area (Å²) in [7, 11) is 1.52. The minimum absolute atomic E-state index is 0.0782. The fraction of sp³-hybridized carbons (Fsp3) is 0.190. The summed E-state index contributed by atoms with van der Waals surface area (Å²) >= 11 is 0. The Morgan fingerprint density at radius 3 is 2.60 bits per heavy atom. The zero-order valence-electron chi connectivity index (χ0n) is 16.3. The Kier molecular flexibility index (Phi) is 5.01. The number of H-pyrrole nitrogens is 1. The summed E-state index contributed by atoms with van der Waals surface area (Å²) in [5.74, 6) is 1.26. The van der Waals surface area contributed by atoms with Gasteiger partial charge in [-0.1, -0.05) is 6.92 Å². The maximum atomic E-state index is 12.5. The first-order chi connectivity index (χ1) is 14.5. The fourth-order valence-corrected chi connectivity index (χ4v) is 3.18. The smallest absolute Gasteiger partial charge is 0.335 e. The molecule has 9 nitrogen and oxygen atoms in total. The van der Waals surface area contributed by atoms with Gasteiger partial charge in [0.05, 0.1) is 24.2 Å². The standard InChI is InChI=1S/C21H19N3O6/c1-3-15(22-12-4-9-16-17(10-12)30-11-29-16)18-19(25)23-21(27)24(20(18)26)13-5-7-14(28-2)8-6-13/h4-10,26H,3,11H2,1-2H3,(H,23,25,27). The summed E-state index contributed by atoms with van der Waals surface area (Å²) < 4.78 is 16.8. The van der Waals surface area contributed by atoms with Crippen molar-refractivity contribution in [3.8, 4) is 28.8 Å². The first kappa shape index (κ1) is 19.3. The Hall–Kier alpha value is -4.01. The predicted molar refractivity (Wildman–Crippen MR) is 110 cm³/mol. The van der Waals surface area contributed by atoms with Gasteiger partial charge in [0.1, 0.15) is 11.3 Å². The van der Waals surface area contributed by atoms with E-state index in [-0.39, 0.29) is 12.4 Å². The first-order valence-corrected chi connectivity index (χ1v) is 9.22. The van der Waals surface area contributed by atoms with Gasteiger partial charge in [-0.2, -0.15) is 0 Å². The molecule has 0 bridgehead atoms. The average molecular weight is 409 g/mol. The number of nitrogens with zero attached hydrogens (tertiary/aromatic N) is 2. The number of aliphatic imine (C=N–C) groups is 1. The number of aromatic nitrogens is 2. The first-order valence-electron chi connectivity index (χ1n) is 9.22. The molecule has 0 saturated carbocycles. The normalized spacial score (nSPS) is 12.8. The van der Waals surface area contributed by atoms with Crippen LogP contribution in [0.2, 0.25) is 0 Å². The summed E-state index contributed by atoms with van der Waals surface area (Å²) in [4.78, 5) is 31.7. The number of methoxy groups -OCH3 is 1. The third kappa shape index (κ3) is 3.41. The van der Waals surface area contributed by atoms with E-state index < -0.39 is 17.1 Å². The Balaban J connectivity index is 1.84. The van der Waals surface area contributed by atoms with Crippen LogP contribution in [-0.2, 0) is 0 Å². The summed E-state index contributed by atoms with van der Waals surface area (Å²) in [6.45, 7) is 1.93. The van der Waals surface area contributed by atoms with E-state index in [9.17, 15) is 14.7 Å². The summed E-state index contributed by atoms with van der Waals surface area (Å²) in [6, 6.07) is 11.6. The van der Waals surface area contributed by atoms with Crippen molar-refractivity contribution in [2.45, 2.75) is 13.3 Å². The van der Waals surface area contributed by atoms with Crippen LogP contribution >= 0.6 is 0 Å². The molecule has 3 aromatic rings. The van der Waals surface area contributed by atoms with E-state index in [0.29, 0.717) is 40.8 Å². The van der Waals surface area contributed by atoms with Crippen LogP contribution in [0.4, 0.5) is 5.69 Å². The van der Waals surface area contributed by atoms with Crippen LogP contribution in [0.15, 0.2) is 57.0 Å². The molecule has 30 heavy (non-hydrogen) atoms. The van der Waals surface area contributed by atoms with Crippen LogP contribution in [0.3, 0.4) is 0 Å². The van der Waals surface area contributed by atoms with Crippen molar-refractivity contribution < 1.29 is 19.3 Å². The molecule has 2 aromatic carbocycles. The number of hydrogen-bond donors (Lipinski definition) is 2. The number of aromatic hydroxyl groups is 1. The Bertz CT molecular complexity index is 1240. The number of fused-ring (bicyclic) bond motifs is 1. The number of ether oxygens (including phenoxy) is 3. The second-order valence-corrected chi connectivity index (χ2v) is 6.44. The van der Waals surface area contributed by atoms with E-state index in [2.05, 4.69) is 9.98 Å². The van der Waals surface area contributed by atoms with Crippen molar-refractivity contribution >= 4 is 11.4 Å². The van der Waals surface area contributed by atoms with Crippen LogP contribution < -0.4 is 25.5 Å². The van der Waals surface area contributed by atoms with Crippen molar-refractivity contribution in [3.63, 3.8) is 0 Å². The molecule has 4 rings (SSSR count). The van der Waals surface area contributed by atoms with Crippen LogP contribution in [0.25, 0.3) is 5.69 Å². The second-order valence-electron chi connectivity index (χ2n) is 6.44. The van der Waals surface area contributed by atoms with Crippen molar-refractivity contribution in [1.82, 2.24) is 9.55 Å². The van der Waals surface area contributed by atoms with Gasteiger partial charge in [-0.3, -0.25) is 14.8 Å². The van der Waals surface area contributed by atoms with E-state index in [0.717, 1.165) is 4.57 Å². The van der Waals surface area contributed by atoms with Gasteiger partial charge in [0.2, 0.25) is 12.7 Å². The van der Waals surface area contributed by atoms with Gasteiger partial charge < -0.3 is 19.3 Å². The predicted octanol–water partition coefficient (Wildman–Crippen LogP) is 2.50. The van der Waals surface area contributed by atoms with E-state index in [4.69, 9.17) is 14.2 Å². The van der Waals surface area contributed by atoms with Gasteiger partial charge in [0.15, 0.2) is 11.5 Å². The van der Waals surface area contributed by atoms with Gasteiger partial charge >= 0.3 is 5.69 Å². The molecule has 0 aliphatic carbocycles. The molecule has 2 heterocycles. The number of rotatable bonds is 5. The Labute approximate surface area is 170 Å². The molecule has 2 N–H and O–H groups in total. The highest BCUT2D eigenvalue weighted by Gasteiger charge is 2.20. The number of benzene rings is 2. The molecule has 1 aromatic heterocycles. The molecule has 1 aliphatic heterocycles. The number of hydrogen-bond acceptors (Lipinski definition) is 7. The van der Waals surface area contributed by atoms with Gasteiger partial charge in [-0.05, 0) is 42.8 Å². The van der Waals surface area contributed by atoms with Gasteiger partial charge in [-0.15, -0.1) is 0 Å². The van der Waals surface area contributed by atoms with E-state index in [1.165, 1.54) is 7.11 Å². The van der Waals surface area contributed by atoms with Crippen molar-refractivity contribution in [2.24, 2.45) is 4.99 Å². The van der Waals surface area contributed by atoms with Crippen LogP contribution in [-0.4, -0.2) is 34.3 Å². The third-order valence-electron chi connectivity index (χ3n) is 4.66. The molecule has 154 valence electrons. The molecule has 1 aliphatic rings. The Morgan fingerprint density at radius 1 is 1.17 bits per heavy atom. The van der Waals surface area contributed by atoms with E-state index in [1.54, 1.807) is 49.4 Å². The lowest BCUT2D eigenvalue weighted by Crippen LogP contribution is -2.33. The average Bonchev–Trinajstić information content (AvgIpc) is 3.21. The van der Waals surface area contributed by atoms with E-state index >= 15 is 0 Å². The molecule has 0 atom stereocenters. The maximum absolute atomic E-state index is 12.5. The molecule has 0 spiro atoms. The second kappa shape index (κ2) is 7.78. The zero-order chi connectivity index (χ0) is 21.3. The number of nitrogens with one attached hydrogen (secondary N) is 1. The molecule has 0 amide bonds. The lowest BCUT2D eigenvalue weighted by atomic mass is 10.1. The fourth-order valence-electron chi connectivity index (χ4n) is 3.18. The van der Waals surface area contributed by atoms with Crippen molar-refractivity contribution in [2.75, 3.05) is 13.9 Å². The van der Waals surface area contributed by atoms with Gasteiger partial charge in [-0.25, -0.2) is 9.36 Å². The highest BCUT2D eigenvalue weighted by Crippen LogP contribution is 2.35. The van der Waals surface area contributed by atoms with Crippen molar-refractivity contribution in [3.05, 3.63) is 68.9 Å². The highest BCUT2D eigenvalue weighted by molar-refractivity contribution is 6.03. The van der Waals surface area contributed by atoms with Gasteiger partial charge in [0.25, 0.3) is 5.56 Å². The molecule has 0 unspecified atom stereocenters. The van der Waals surface area contributed by atoms with Crippen molar-refractivity contribution in [1.29, 1.82) is 0 Å². The molecule has 0 radical (unpaired) electrons. The van der Waals surface area contributed by atoms with Crippen LogP contribution in [0, 0.1) is 0 Å². The highest BCUT2D eigenvalue weighted by atomic mass is 16.7. The lowest BCUT2D eigenvalue weighted by Gasteiger charge is -2.13. The largest absolute Gasteiger partial charge is 0.497 e. The summed E-state index contributed by atoms with van der Waals surface area (Å²) in [5, 5.41) is 10.9. The van der Waals surface area contributed by atoms with E-state index in [1.807, 2.05) is 0 Å². The zero-order valence-corrected chi connectivity index (χ0v) is 16.3. The molecular formula is C21H19N3O6. The topological polar surface area (TPSA) is 115 Å². The molecule has 9 heteroatoms. The SMILES string of the molecule is CCC(=Nc1ccc2c(c1)OCO2)c1c(O)n(-c2ccc(OC)cc2)c(=O)[nH]c1=O. The maximum Gasteiger partial charge on any atom is 0.335 e. The van der Waals surface area contributed by atoms with Crippen LogP contribution in [0.1, 0.15) is 18.9 Å². The quantitative estimate of drug-likeness (QED) is 0.626. The van der Waals surface area contributed by atoms with Crippen LogP contribution in [0.5, 0.6) is 23.1 Å².